The molecule has 4 heterocycles. The number of aromatic nitrogens is 4. The summed E-state index contributed by atoms with van der Waals surface area (Å²) >= 11 is 8.06. The molecule has 4 aromatic heterocycles. The Morgan fingerprint density at radius 1 is 0.917 bits per heavy atom. The summed E-state index contributed by atoms with van der Waals surface area (Å²) in [5.41, 5.74) is 2.61. The van der Waals surface area contributed by atoms with Crippen LogP contribution < -0.4 is 0 Å². The van der Waals surface area contributed by atoms with Crippen LogP contribution in [0.1, 0.15) is 11.1 Å². The zero-order valence-corrected chi connectivity index (χ0v) is 14.9. The van der Waals surface area contributed by atoms with Gasteiger partial charge in [0.05, 0.1) is 21.5 Å². The van der Waals surface area contributed by atoms with Gasteiger partial charge in [0.1, 0.15) is 23.4 Å². The van der Waals surface area contributed by atoms with E-state index in [-0.39, 0.29) is 0 Å². The van der Waals surface area contributed by atoms with Gasteiger partial charge in [0.25, 0.3) is 0 Å². The molecule has 4 aromatic rings. The second kappa shape index (κ2) is 6.87. The van der Waals surface area contributed by atoms with Crippen LogP contribution in [-0.4, -0.2) is 19.9 Å². The molecule has 24 heavy (non-hydrogen) atoms. The van der Waals surface area contributed by atoms with Crippen LogP contribution in [0, 0.1) is 26.2 Å². The lowest BCUT2D eigenvalue weighted by Gasteiger charge is -1.91. The molecule has 6 nitrogen and oxygen atoms in total. The third kappa shape index (κ3) is 2.92. The van der Waals surface area contributed by atoms with Gasteiger partial charge in [0, 0.05) is 33.7 Å². The van der Waals surface area contributed by atoms with E-state index in [4.69, 9.17) is 22.1 Å². The SMILES string of the molecule is N#Cc1c[nH]c2nccc(Cl)c12.N#Cc1c[nH]c2nccc(I)c12. The van der Waals surface area contributed by atoms with Crippen molar-refractivity contribution in [2.75, 3.05) is 0 Å². The van der Waals surface area contributed by atoms with Gasteiger partial charge in [-0.3, -0.25) is 0 Å². The van der Waals surface area contributed by atoms with Gasteiger partial charge in [-0.2, -0.15) is 10.5 Å². The molecule has 0 aliphatic carbocycles. The smallest absolute Gasteiger partial charge is 0.140 e. The highest BCUT2D eigenvalue weighted by atomic mass is 127. The number of fused-ring (bicyclic) bond motifs is 2. The van der Waals surface area contributed by atoms with E-state index in [0.29, 0.717) is 27.2 Å². The van der Waals surface area contributed by atoms with Crippen molar-refractivity contribution in [3.05, 3.63) is 56.6 Å². The van der Waals surface area contributed by atoms with Crippen molar-refractivity contribution >= 4 is 56.3 Å². The molecule has 4 rings (SSSR count). The number of rotatable bonds is 0. The van der Waals surface area contributed by atoms with Crippen molar-refractivity contribution in [3.63, 3.8) is 0 Å². The molecule has 0 aromatic carbocycles. The molecule has 2 N–H and O–H groups in total. The van der Waals surface area contributed by atoms with Gasteiger partial charge in [0.2, 0.25) is 0 Å². The fourth-order valence-corrected chi connectivity index (χ4v) is 3.16. The van der Waals surface area contributed by atoms with E-state index in [1.165, 1.54) is 0 Å². The van der Waals surface area contributed by atoms with Crippen LogP contribution in [-0.2, 0) is 0 Å². The number of hydrogen-bond acceptors (Lipinski definition) is 4. The first-order valence-electron chi connectivity index (χ1n) is 6.69. The van der Waals surface area contributed by atoms with Crippen LogP contribution in [0.3, 0.4) is 0 Å². The minimum atomic E-state index is 0.531. The average Bonchev–Trinajstić information content (AvgIpc) is 3.20. The van der Waals surface area contributed by atoms with E-state index in [1.54, 1.807) is 30.9 Å². The first-order chi connectivity index (χ1) is 11.7. The summed E-state index contributed by atoms with van der Waals surface area (Å²) in [4.78, 5) is 13.9. The molecule has 0 radical (unpaired) electrons. The summed E-state index contributed by atoms with van der Waals surface area (Å²) in [6.07, 6.45) is 6.60. The largest absolute Gasteiger partial charge is 0.345 e. The Balaban J connectivity index is 0.000000141. The number of nitrogens with zero attached hydrogens (tertiary/aromatic N) is 4. The summed E-state index contributed by atoms with van der Waals surface area (Å²) in [6.45, 7) is 0. The molecule has 0 atom stereocenters. The molecule has 8 heteroatoms. The first-order valence-corrected chi connectivity index (χ1v) is 8.14. The Hall–Kier alpha value is -2.62. The van der Waals surface area contributed by atoms with Gasteiger partial charge >= 0.3 is 0 Å². The van der Waals surface area contributed by atoms with Crippen LogP contribution in [0.25, 0.3) is 22.1 Å². The molecular formula is C16H8ClIN6. The van der Waals surface area contributed by atoms with Gasteiger partial charge in [-0.1, -0.05) is 11.6 Å². The van der Waals surface area contributed by atoms with Gasteiger partial charge in [-0.15, -0.1) is 0 Å². The van der Waals surface area contributed by atoms with E-state index >= 15 is 0 Å². The normalized spacial score (nSPS) is 10.0. The monoisotopic (exact) mass is 446 g/mol. The van der Waals surface area contributed by atoms with E-state index in [0.717, 1.165) is 14.6 Å². The summed E-state index contributed by atoms with van der Waals surface area (Å²) in [7, 11) is 0. The maximum atomic E-state index is 8.75. The quantitative estimate of drug-likeness (QED) is 0.396. The molecule has 0 saturated heterocycles. The Bertz CT molecular complexity index is 1030. The van der Waals surface area contributed by atoms with Crippen LogP contribution in [0.5, 0.6) is 0 Å². The highest BCUT2D eigenvalue weighted by Gasteiger charge is 2.07. The maximum Gasteiger partial charge on any atom is 0.140 e. The van der Waals surface area contributed by atoms with E-state index in [9.17, 15) is 0 Å². The number of pyridine rings is 2. The molecule has 0 saturated carbocycles. The van der Waals surface area contributed by atoms with E-state index < -0.39 is 0 Å². The summed E-state index contributed by atoms with van der Waals surface area (Å²) < 4.78 is 1.05. The van der Waals surface area contributed by atoms with Gasteiger partial charge in [0.15, 0.2) is 0 Å². The van der Waals surface area contributed by atoms with Crippen LogP contribution in [0.2, 0.25) is 5.02 Å². The van der Waals surface area contributed by atoms with Gasteiger partial charge < -0.3 is 9.97 Å². The third-order valence-corrected chi connectivity index (χ3v) is 4.50. The van der Waals surface area contributed by atoms with Crippen molar-refractivity contribution in [2.45, 2.75) is 0 Å². The van der Waals surface area contributed by atoms with Crippen molar-refractivity contribution in [1.29, 1.82) is 10.5 Å². The minimum absolute atomic E-state index is 0.531. The maximum absolute atomic E-state index is 8.75. The van der Waals surface area contributed by atoms with Crippen LogP contribution in [0.4, 0.5) is 0 Å². The first kappa shape index (κ1) is 16.2. The number of hydrogen-bond donors (Lipinski definition) is 2. The van der Waals surface area contributed by atoms with Gasteiger partial charge in [-0.25, -0.2) is 9.97 Å². The average molecular weight is 447 g/mol. The van der Waals surface area contributed by atoms with Crippen LogP contribution >= 0.6 is 34.2 Å². The summed E-state index contributed by atoms with van der Waals surface area (Å²) in [5, 5.41) is 19.6. The molecule has 0 fully saturated rings. The minimum Gasteiger partial charge on any atom is -0.345 e. The Labute approximate surface area is 155 Å². The molecule has 0 amide bonds. The molecule has 116 valence electrons. The fourth-order valence-electron chi connectivity index (χ4n) is 2.21. The third-order valence-electron chi connectivity index (χ3n) is 3.29. The number of nitriles is 2. The second-order valence-electron chi connectivity index (χ2n) is 4.66. The fraction of sp³-hybridized carbons (Fsp3) is 0. The highest BCUT2D eigenvalue weighted by Crippen LogP contribution is 2.24. The lowest BCUT2D eigenvalue weighted by atomic mass is 10.2. The number of halogens is 2. The molecule has 0 aliphatic heterocycles. The molecule has 0 bridgehead atoms. The Kier molecular flexibility index (Phi) is 4.65. The number of aromatic amines is 2. The Morgan fingerprint density at radius 2 is 1.46 bits per heavy atom. The predicted molar refractivity (Wildman–Crippen MR) is 99.3 cm³/mol. The zero-order chi connectivity index (χ0) is 17.1. The topological polar surface area (TPSA) is 105 Å². The number of nitrogens with one attached hydrogen (secondary N) is 2. The second-order valence-corrected chi connectivity index (χ2v) is 6.23. The Morgan fingerprint density at radius 3 is 2.08 bits per heavy atom. The van der Waals surface area contributed by atoms with Crippen molar-refractivity contribution in [1.82, 2.24) is 19.9 Å². The molecular weight excluding hydrogens is 439 g/mol. The van der Waals surface area contributed by atoms with Crippen molar-refractivity contribution < 1.29 is 0 Å². The number of H-pyrrole nitrogens is 2. The molecule has 0 spiro atoms. The van der Waals surface area contributed by atoms with E-state index in [2.05, 4.69) is 48.6 Å². The summed E-state index contributed by atoms with van der Waals surface area (Å²) in [5.74, 6) is 0. The summed E-state index contributed by atoms with van der Waals surface area (Å²) in [6, 6.07) is 7.70. The molecule has 0 aliphatic rings. The van der Waals surface area contributed by atoms with Crippen molar-refractivity contribution in [2.24, 2.45) is 0 Å². The van der Waals surface area contributed by atoms with Gasteiger partial charge in [-0.05, 0) is 34.7 Å². The predicted octanol–water partition coefficient (Wildman–Crippen LogP) is 4.13. The molecule has 0 unspecified atom stereocenters. The lowest BCUT2D eigenvalue weighted by Crippen LogP contribution is -1.79. The highest BCUT2D eigenvalue weighted by molar-refractivity contribution is 14.1. The standard InChI is InChI=1S/C8H4ClN3.C8H4IN3/c2*9-6-1-2-11-8-7(6)5(3-10)4-12-8/h2*1-2,4H,(H,11,12). The van der Waals surface area contributed by atoms with E-state index in [1.807, 2.05) is 12.1 Å². The zero-order valence-electron chi connectivity index (χ0n) is 12.0. The van der Waals surface area contributed by atoms with Crippen molar-refractivity contribution in [3.8, 4) is 12.1 Å². The lowest BCUT2D eigenvalue weighted by molar-refractivity contribution is 1.32. The van der Waals surface area contributed by atoms with Crippen LogP contribution in [0.15, 0.2) is 36.9 Å².